The average Bonchev–Trinajstić information content (AvgIpc) is 3.34. The maximum Gasteiger partial charge on any atom is 0.305 e. The summed E-state index contributed by atoms with van der Waals surface area (Å²) in [4.78, 5) is 23.7. The minimum absolute atomic E-state index is 0.0710. The smallest absolute Gasteiger partial charge is 0.305 e. The number of halogens is 2. The van der Waals surface area contributed by atoms with Crippen LogP contribution in [-0.4, -0.2) is 17.0 Å². The molecule has 3 atom stereocenters. The molecule has 136 valence electrons. The van der Waals surface area contributed by atoms with Gasteiger partial charge in [0.05, 0.1) is 12.5 Å². The topological polar surface area (TPSA) is 66.4 Å². The van der Waals surface area contributed by atoms with Crippen molar-refractivity contribution in [2.75, 3.05) is 0 Å². The first-order valence-electron chi connectivity index (χ1n) is 8.40. The Labute approximate surface area is 149 Å². The van der Waals surface area contributed by atoms with Crippen LogP contribution in [0.25, 0.3) is 0 Å². The van der Waals surface area contributed by atoms with Gasteiger partial charge < -0.3 is 10.4 Å². The summed E-state index contributed by atoms with van der Waals surface area (Å²) >= 11 is 0. The van der Waals surface area contributed by atoms with Crippen LogP contribution in [0.5, 0.6) is 0 Å². The van der Waals surface area contributed by atoms with Gasteiger partial charge in [-0.15, -0.1) is 0 Å². The van der Waals surface area contributed by atoms with Crippen molar-refractivity contribution in [1.29, 1.82) is 0 Å². The van der Waals surface area contributed by atoms with Gasteiger partial charge in [0.1, 0.15) is 11.6 Å². The summed E-state index contributed by atoms with van der Waals surface area (Å²) in [7, 11) is 0. The molecular formula is C20H19F2NO3. The number of aryl methyl sites for hydroxylation is 1. The van der Waals surface area contributed by atoms with Crippen LogP contribution in [0, 0.1) is 24.5 Å². The highest BCUT2D eigenvalue weighted by molar-refractivity contribution is 5.84. The fourth-order valence-corrected chi connectivity index (χ4v) is 3.34. The molecule has 0 spiro atoms. The number of benzene rings is 2. The van der Waals surface area contributed by atoms with Gasteiger partial charge in [0, 0.05) is 17.4 Å². The van der Waals surface area contributed by atoms with Gasteiger partial charge in [-0.25, -0.2) is 8.78 Å². The molecule has 6 heteroatoms. The molecule has 2 aromatic rings. The van der Waals surface area contributed by atoms with Gasteiger partial charge in [-0.05, 0) is 36.6 Å². The molecule has 0 aromatic heterocycles. The first-order valence-corrected chi connectivity index (χ1v) is 8.40. The molecule has 0 heterocycles. The predicted octanol–water partition coefficient (Wildman–Crippen LogP) is 3.71. The van der Waals surface area contributed by atoms with Gasteiger partial charge in [-0.1, -0.05) is 30.3 Å². The maximum atomic E-state index is 13.9. The number of carboxylic acid groups (broad SMARTS) is 1. The van der Waals surface area contributed by atoms with Crippen LogP contribution in [0.15, 0.2) is 42.5 Å². The van der Waals surface area contributed by atoms with Crippen molar-refractivity contribution in [3.63, 3.8) is 0 Å². The van der Waals surface area contributed by atoms with E-state index in [0.29, 0.717) is 6.42 Å². The highest BCUT2D eigenvalue weighted by Gasteiger charge is 2.47. The molecule has 0 bridgehead atoms. The van der Waals surface area contributed by atoms with Crippen LogP contribution in [0.1, 0.15) is 41.5 Å². The summed E-state index contributed by atoms with van der Waals surface area (Å²) < 4.78 is 27.8. The maximum absolute atomic E-state index is 13.9. The van der Waals surface area contributed by atoms with Crippen molar-refractivity contribution in [2.24, 2.45) is 5.92 Å². The van der Waals surface area contributed by atoms with Gasteiger partial charge in [0.15, 0.2) is 0 Å². The molecular weight excluding hydrogens is 340 g/mol. The molecule has 4 nitrogen and oxygen atoms in total. The van der Waals surface area contributed by atoms with E-state index in [1.54, 1.807) is 12.1 Å². The van der Waals surface area contributed by atoms with Crippen LogP contribution < -0.4 is 5.32 Å². The first-order chi connectivity index (χ1) is 12.4. The second-order valence-electron chi connectivity index (χ2n) is 6.60. The molecule has 0 radical (unpaired) electrons. The Hall–Kier alpha value is -2.76. The third kappa shape index (κ3) is 3.74. The van der Waals surface area contributed by atoms with Crippen LogP contribution in [-0.2, 0) is 9.59 Å². The molecule has 2 aromatic carbocycles. The number of hydrogen-bond acceptors (Lipinski definition) is 2. The third-order valence-corrected chi connectivity index (χ3v) is 4.76. The Morgan fingerprint density at radius 3 is 2.42 bits per heavy atom. The minimum atomic E-state index is -1.04. The van der Waals surface area contributed by atoms with E-state index in [9.17, 15) is 18.4 Å². The van der Waals surface area contributed by atoms with E-state index in [4.69, 9.17) is 5.11 Å². The second kappa shape index (κ2) is 7.23. The van der Waals surface area contributed by atoms with Crippen LogP contribution in [0.4, 0.5) is 8.78 Å². The molecule has 2 N–H and O–H groups in total. The fourth-order valence-electron chi connectivity index (χ4n) is 3.34. The highest BCUT2D eigenvalue weighted by Crippen LogP contribution is 2.49. The molecule has 0 saturated heterocycles. The Bertz CT molecular complexity index is 832. The average molecular weight is 359 g/mol. The minimum Gasteiger partial charge on any atom is -0.481 e. The Morgan fingerprint density at radius 1 is 1.15 bits per heavy atom. The van der Waals surface area contributed by atoms with Gasteiger partial charge in [-0.3, -0.25) is 9.59 Å². The van der Waals surface area contributed by atoms with E-state index < -0.39 is 35.5 Å². The zero-order chi connectivity index (χ0) is 18.8. The lowest BCUT2D eigenvalue weighted by atomic mass is 9.98. The summed E-state index contributed by atoms with van der Waals surface area (Å²) in [6.07, 6.45) is 0.0826. The third-order valence-electron chi connectivity index (χ3n) is 4.76. The highest BCUT2D eigenvalue weighted by atomic mass is 19.1. The number of amides is 1. The SMILES string of the molecule is Cc1ccccc1C(CC(=O)O)NC(=O)C1CC1c1c(F)cccc1F. The normalized spacial score (nSPS) is 19.7. The van der Waals surface area contributed by atoms with E-state index in [-0.39, 0.29) is 17.9 Å². The van der Waals surface area contributed by atoms with Gasteiger partial charge in [-0.2, -0.15) is 0 Å². The van der Waals surface area contributed by atoms with E-state index >= 15 is 0 Å². The number of carbonyl (C=O) groups is 2. The lowest BCUT2D eigenvalue weighted by Crippen LogP contribution is -2.32. The van der Waals surface area contributed by atoms with E-state index in [1.165, 1.54) is 18.2 Å². The Balaban J connectivity index is 1.75. The Kier molecular flexibility index (Phi) is 5.02. The van der Waals surface area contributed by atoms with E-state index in [0.717, 1.165) is 11.1 Å². The predicted molar refractivity (Wildman–Crippen MR) is 91.5 cm³/mol. The first kappa shape index (κ1) is 18.0. The van der Waals surface area contributed by atoms with Crippen molar-refractivity contribution >= 4 is 11.9 Å². The summed E-state index contributed by atoms with van der Waals surface area (Å²) in [6.45, 7) is 1.84. The number of carboxylic acids is 1. The molecule has 1 aliphatic carbocycles. The zero-order valence-electron chi connectivity index (χ0n) is 14.2. The second-order valence-corrected chi connectivity index (χ2v) is 6.60. The summed E-state index contributed by atoms with van der Waals surface area (Å²) in [5.41, 5.74) is 1.52. The quantitative estimate of drug-likeness (QED) is 0.826. The van der Waals surface area contributed by atoms with Crippen LogP contribution >= 0.6 is 0 Å². The standard InChI is InChI=1S/C20H19F2NO3/c1-11-5-2-3-6-12(11)17(10-18(24)25)23-20(26)14-9-13(14)19-15(21)7-4-8-16(19)22/h2-8,13-14,17H,9-10H2,1H3,(H,23,26)(H,24,25). The lowest BCUT2D eigenvalue weighted by molar-refractivity contribution is -0.137. The monoisotopic (exact) mass is 359 g/mol. The molecule has 1 amide bonds. The molecule has 1 saturated carbocycles. The number of rotatable bonds is 6. The van der Waals surface area contributed by atoms with Crippen molar-refractivity contribution in [1.82, 2.24) is 5.32 Å². The Morgan fingerprint density at radius 2 is 1.81 bits per heavy atom. The molecule has 3 unspecified atom stereocenters. The molecule has 0 aliphatic heterocycles. The van der Waals surface area contributed by atoms with Crippen molar-refractivity contribution in [3.05, 3.63) is 70.8 Å². The van der Waals surface area contributed by atoms with Gasteiger partial charge in [0.25, 0.3) is 0 Å². The number of carbonyl (C=O) groups excluding carboxylic acids is 1. The molecule has 1 fully saturated rings. The number of aliphatic carboxylic acids is 1. The molecule has 26 heavy (non-hydrogen) atoms. The molecule has 3 rings (SSSR count). The van der Waals surface area contributed by atoms with E-state index in [2.05, 4.69) is 5.32 Å². The van der Waals surface area contributed by atoms with Crippen LogP contribution in [0.3, 0.4) is 0 Å². The van der Waals surface area contributed by atoms with E-state index in [1.807, 2.05) is 19.1 Å². The van der Waals surface area contributed by atoms with Crippen LogP contribution in [0.2, 0.25) is 0 Å². The van der Waals surface area contributed by atoms with Crippen molar-refractivity contribution in [2.45, 2.75) is 31.7 Å². The lowest BCUT2D eigenvalue weighted by Gasteiger charge is -2.19. The largest absolute Gasteiger partial charge is 0.481 e. The summed E-state index contributed by atoms with van der Waals surface area (Å²) in [6, 6.07) is 10.2. The number of hydrogen-bond donors (Lipinski definition) is 2. The summed E-state index contributed by atoms with van der Waals surface area (Å²) in [5.74, 6) is -3.81. The fraction of sp³-hybridized carbons (Fsp3) is 0.300. The zero-order valence-corrected chi connectivity index (χ0v) is 14.2. The summed E-state index contributed by atoms with van der Waals surface area (Å²) in [5, 5.41) is 11.9. The van der Waals surface area contributed by atoms with Crippen molar-refractivity contribution < 1.29 is 23.5 Å². The van der Waals surface area contributed by atoms with Gasteiger partial charge >= 0.3 is 5.97 Å². The van der Waals surface area contributed by atoms with Gasteiger partial charge in [0.2, 0.25) is 5.91 Å². The van der Waals surface area contributed by atoms with Crippen molar-refractivity contribution in [3.8, 4) is 0 Å². The molecule has 1 aliphatic rings. The number of nitrogens with one attached hydrogen (secondary N) is 1.